The second-order valence-corrected chi connectivity index (χ2v) is 8.16. The van der Waals surface area contributed by atoms with Crippen LogP contribution in [0.1, 0.15) is 28.4 Å². The molecule has 0 atom stereocenters. The Kier molecular flexibility index (Phi) is 5.78. The molecule has 2 heterocycles. The number of ketones is 1. The molecule has 5 rings (SSSR count). The standard InChI is InChI=1S/C27H21FN2O5/c1-2-16-3-9-22-20(11-16)27(33)21(26(32)17-4-6-18(28)7-5-17)13-30(22)14-25(31)29-19-8-10-23-24(12-19)35-15-34-23/h3-13H,2,14-15H2,1H3,(H,29,31). The van der Waals surface area contributed by atoms with E-state index in [2.05, 4.69) is 5.32 Å². The molecule has 0 saturated carbocycles. The molecule has 176 valence electrons. The van der Waals surface area contributed by atoms with Gasteiger partial charge in [-0.2, -0.15) is 0 Å². The number of benzene rings is 3. The van der Waals surface area contributed by atoms with E-state index >= 15 is 0 Å². The average molecular weight is 472 g/mol. The van der Waals surface area contributed by atoms with E-state index in [4.69, 9.17) is 9.47 Å². The first kappa shape index (κ1) is 22.3. The first-order valence-electron chi connectivity index (χ1n) is 11.1. The summed E-state index contributed by atoms with van der Waals surface area (Å²) in [4.78, 5) is 39.3. The van der Waals surface area contributed by atoms with Gasteiger partial charge >= 0.3 is 0 Å². The van der Waals surface area contributed by atoms with E-state index < -0.39 is 17.0 Å². The Balaban J connectivity index is 1.52. The number of aromatic nitrogens is 1. The van der Waals surface area contributed by atoms with Crippen LogP contribution >= 0.6 is 0 Å². The van der Waals surface area contributed by atoms with Gasteiger partial charge in [0.2, 0.25) is 18.1 Å². The van der Waals surface area contributed by atoms with Gasteiger partial charge in [0, 0.05) is 28.9 Å². The summed E-state index contributed by atoms with van der Waals surface area (Å²) in [6, 6.07) is 15.5. The molecule has 4 aromatic rings. The highest BCUT2D eigenvalue weighted by atomic mass is 19.1. The van der Waals surface area contributed by atoms with Gasteiger partial charge in [0.05, 0.1) is 11.1 Å². The van der Waals surface area contributed by atoms with Gasteiger partial charge in [-0.25, -0.2) is 4.39 Å². The number of pyridine rings is 1. The van der Waals surface area contributed by atoms with Crippen molar-refractivity contribution in [2.45, 2.75) is 19.9 Å². The van der Waals surface area contributed by atoms with Crippen molar-refractivity contribution in [3.05, 3.63) is 99.6 Å². The van der Waals surface area contributed by atoms with Gasteiger partial charge in [0.15, 0.2) is 17.3 Å². The summed E-state index contributed by atoms with van der Waals surface area (Å²) < 4.78 is 25.6. The minimum Gasteiger partial charge on any atom is -0.454 e. The van der Waals surface area contributed by atoms with Crippen molar-refractivity contribution in [1.29, 1.82) is 0 Å². The minimum absolute atomic E-state index is 0.0896. The molecule has 1 aromatic heterocycles. The third-order valence-electron chi connectivity index (χ3n) is 5.87. The molecule has 1 amide bonds. The van der Waals surface area contributed by atoms with Gasteiger partial charge in [0.25, 0.3) is 0 Å². The molecule has 7 nitrogen and oxygen atoms in total. The molecule has 3 aromatic carbocycles. The van der Waals surface area contributed by atoms with Crippen LogP contribution < -0.4 is 20.2 Å². The molecule has 8 heteroatoms. The molecule has 0 spiro atoms. The van der Waals surface area contributed by atoms with Gasteiger partial charge < -0.3 is 19.4 Å². The predicted octanol–water partition coefficient (Wildman–Crippen LogP) is 4.30. The maximum atomic E-state index is 13.3. The SMILES string of the molecule is CCc1ccc2c(c1)c(=O)c(C(=O)c1ccc(F)cc1)cn2CC(=O)Nc1ccc2c(c1)OCO2. The van der Waals surface area contributed by atoms with Gasteiger partial charge in [-0.05, 0) is 60.5 Å². The average Bonchev–Trinajstić information content (AvgIpc) is 3.33. The highest BCUT2D eigenvalue weighted by Gasteiger charge is 2.19. The summed E-state index contributed by atoms with van der Waals surface area (Å²) >= 11 is 0. The van der Waals surface area contributed by atoms with Crippen molar-refractivity contribution in [3.8, 4) is 11.5 Å². The molecule has 0 radical (unpaired) electrons. The number of hydrogen-bond donors (Lipinski definition) is 1. The Morgan fingerprint density at radius 3 is 2.54 bits per heavy atom. The lowest BCUT2D eigenvalue weighted by molar-refractivity contribution is -0.116. The van der Waals surface area contributed by atoms with Crippen molar-refractivity contribution in [1.82, 2.24) is 4.57 Å². The Morgan fingerprint density at radius 1 is 1.00 bits per heavy atom. The molecular formula is C27H21FN2O5. The number of halogens is 1. The highest BCUT2D eigenvalue weighted by molar-refractivity contribution is 6.10. The smallest absolute Gasteiger partial charge is 0.244 e. The number of amides is 1. The quantitative estimate of drug-likeness (QED) is 0.423. The Hall–Kier alpha value is -4.46. The van der Waals surface area contributed by atoms with Gasteiger partial charge in [0.1, 0.15) is 12.4 Å². The molecule has 35 heavy (non-hydrogen) atoms. The topological polar surface area (TPSA) is 86.6 Å². The second-order valence-electron chi connectivity index (χ2n) is 8.16. The number of ether oxygens (including phenoxy) is 2. The van der Waals surface area contributed by atoms with Crippen LogP contribution in [0.15, 0.2) is 71.7 Å². The maximum absolute atomic E-state index is 13.3. The Labute approximate surface area is 199 Å². The van der Waals surface area contributed by atoms with E-state index in [1.54, 1.807) is 34.9 Å². The number of nitrogens with one attached hydrogen (secondary N) is 1. The fourth-order valence-electron chi connectivity index (χ4n) is 4.04. The van der Waals surface area contributed by atoms with E-state index in [0.29, 0.717) is 34.5 Å². The first-order valence-corrected chi connectivity index (χ1v) is 11.1. The summed E-state index contributed by atoms with van der Waals surface area (Å²) in [5, 5.41) is 3.15. The summed E-state index contributed by atoms with van der Waals surface area (Å²) in [5.74, 6) is -0.233. The molecular weight excluding hydrogens is 451 g/mol. The molecule has 1 aliphatic heterocycles. The van der Waals surface area contributed by atoms with Crippen LogP contribution in [0.4, 0.5) is 10.1 Å². The molecule has 1 N–H and O–H groups in total. The monoisotopic (exact) mass is 472 g/mol. The second kappa shape index (κ2) is 9.06. The van der Waals surface area contributed by atoms with E-state index in [0.717, 1.165) is 5.56 Å². The Bertz CT molecular complexity index is 1530. The lowest BCUT2D eigenvalue weighted by Crippen LogP contribution is -2.24. The number of aryl methyl sites for hydroxylation is 1. The highest BCUT2D eigenvalue weighted by Crippen LogP contribution is 2.34. The van der Waals surface area contributed by atoms with Crippen LogP contribution in [-0.4, -0.2) is 23.1 Å². The molecule has 0 fully saturated rings. The lowest BCUT2D eigenvalue weighted by Gasteiger charge is -2.14. The molecule has 0 aliphatic carbocycles. The number of rotatable bonds is 6. The van der Waals surface area contributed by atoms with Crippen LogP contribution in [0.25, 0.3) is 10.9 Å². The maximum Gasteiger partial charge on any atom is 0.244 e. The first-order chi connectivity index (χ1) is 16.9. The summed E-state index contributed by atoms with van der Waals surface area (Å²) in [6.45, 7) is 1.95. The summed E-state index contributed by atoms with van der Waals surface area (Å²) in [7, 11) is 0. The number of carbonyl (C=O) groups is 2. The largest absolute Gasteiger partial charge is 0.454 e. The zero-order valence-corrected chi connectivity index (χ0v) is 18.8. The molecule has 0 saturated heterocycles. The minimum atomic E-state index is -0.538. The number of anilines is 1. The normalized spacial score (nSPS) is 12.1. The number of carbonyl (C=O) groups excluding carboxylic acids is 2. The van der Waals surface area contributed by atoms with Crippen LogP contribution in [-0.2, 0) is 17.8 Å². The fourth-order valence-corrected chi connectivity index (χ4v) is 4.04. The zero-order chi connectivity index (χ0) is 24.5. The molecule has 1 aliphatic rings. The van der Waals surface area contributed by atoms with Crippen molar-refractivity contribution in [2.24, 2.45) is 0 Å². The van der Waals surface area contributed by atoms with Crippen LogP contribution in [0.5, 0.6) is 11.5 Å². The summed E-state index contributed by atoms with van der Waals surface area (Å²) in [6.07, 6.45) is 2.09. The van der Waals surface area contributed by atoms with E-state index in [-0.39, 0.29) is 30.4 Å². The van der Waals surface area contributed by atoms with Gasteiger partial charge in [-0.1, -0.05) is 13.0 Å². The number of nitrogens with zero attached hydrogens (tertiary/aromatic N) is 1. The van der Waals surface area contributed by atoms with Gasteiger partial charge in [-0.15, -0.1) is 0 Å². The van der Waals surface area contributed by atoms with Crippen LogP contribution in [0.3, 0.4) is 0 Å². The Morgan fingerprint density at radius 2 is 1.77 bits per heavy atom. The van der Waals surface area contributed by atoms with E-state index in [9.17, 15) is 18.8 Å². The molecule has 0 unspecified atom stereocenters. The van der Waals surface area contributed by atoms with E-state index in [1.807, 2.05) is 13.0 Å². The van der Waals surface area contributed by atoms with Crippen molar-refractivity contribution in [3.63, 3.8) is 0 Å². The number of fused-ring (bicyclic) bond motifs is 2. The fraction of sp³-hybridized carbons (Fsp3) is 0.148. The van der Waals surface area contributed by atoms with Crippen LogP contribution in [0.2, 0.25) is 0 Å². The van der Waals surface area contributed by atoms with Crippen molar-refractivity contribution < 1.29 is 23.5 Å². The third kappa shape index (κ3) is 4.38. The lowest BCUT2D eigenvalue weighted by atomic mass is 10.0. The third-order valence-corrected chi connectivity index (χ3v) is 5.87. The predicted molar refractivity (Wildman–Crippen MR) is 129 cm³/mol. The molecule has 0 bridgehead atoms. The van der Waals surface area contributed by atoms with Crippen LogP contribution in [0, 0.1) is 5.82 Å². The van der Waals surface area contributed by atoms with Crippen molar-refractivity contribution in [2.75, 3.05) is 12.1 Å². The number of hydrogen-bond acceptors (Lipinski definition) is 5. The van der Waals surface area contributed by atoms with E-state index in [1.165, 1.54) is 30.5 Å². The van der Waals surface area contributed by atoms with Crippen molar-refractivity contribution >= 4 is 28.3 Å². The van der Waals surface area contributed by atoms with Gasteiger partial charge in [-0.3, -0.25) is 14.4 Å². The summed E-state index contributed by atoms with van der Waals surface area (Å²) in [5.41, 5.74) is 1.65. The zero-order valence-electron chi connectivity index (χ0n) is 18.8.